The minimum Gasteiger partial charge on any atom is -0.312 e. The van der Waals surface area contributed by atoms with Crippen LogP contribution in [0.4, 0.5) is 0 Å². The lowest BCUT2D eigenvalue weighted by Crippen LogP contribution is -2.34. The van der Waals surface area contributed by atoms with Crippen molar-refractivity contribution < 1.29 is 4.79 Å². The maximum atomic E-state index is 11.5. The van der Waals surface area contributed by atoms with Gasteiger partial charge in [-0.3, -0.25) is 9.79 Å². The van der Waals surface area contributed by atoms with E-state index in [2.05, 4.69) is 26.2 Å². The Morgan fingerprint density at radius 1 is 1.31 bits per heavy atom. The van der Waals surface area contributed by atoms with Crippen molar-refractivity contribution in [3.05, 3.63) is 34.3 Å². The van der Waals surface area contributed by atoms with Crippen LogP contribution in [0, 0.1) is 0 Å². The summed E-state index contributed by atoms with van der Waals surface area (Å²) < 4.78 is 1.05. The van der Waals surface area contributed by atoms with Crippen molar-refractivity contribution in [3.63, 3.8) is 0 Å². The van der Waals surface area contributed by atoms with Gasteiger partial charge in [0.1, 0.15) is 11.4 Å². The molecule has 0 unspecified atom stereocenters. The van der Waals surface area contributed by atoms with Crippen LogP contribution in [0.1, 0.15) is 19.4 Å². The first kappa shape index (κ1) is 11.3. The first-order valence-corrected chi connectivity index (χ1v) is 5.91. The van der Waals surface area contributed by atoms with E-state index in [0.29, 0.717) is 6.42 Å². The van der Waals surface area contributed by atoms with Crippen LogP contribution in [0.25, 0.3) is 0 Å². The molecule has 1 N–H and O–H groups in total. The Balaban J connectivity index is 2.12. The first-order chi connectivity index (χ1) is 7.47. The van der Waals surface area contributed by atoms with Gasteiger partial charge >= 0.3 is 0 Å². The minimum atomic E-state index is -0.620. The lowest BCUT2D eigenvalue weighted by molar-refractivity contribution is -0.122. The molecule has 2 rings (SSSR count). The number of halogens is 1. The highest BCUT2D eigenvalue weighted by molar-refractivity contribution is 9.10. The van der Waals surface area contributed by atoms with Gasteiger partial charge in [0.2, 0.25) is 0 Å². The zero-order chi connectivity index (χ0) is 11.8. The highest BCUT2D eigenvalue weighted by Crippen LogP contribution is 2.17. The molecule has 1 aromatic rings. The summed E-state index contributed by atoms with van der Waals surface area (Å²) in [6.07, 6.45) is 0.669. The van der Waals surface area contributed by atoms with E-state index in [-0.39, 0.29) is 5.91 Å². The summed E-state index contributed by atoms with van der Waals surface area (Å²) in [5.41, 5.74) is 0.519. The molecule has 1 heterocycles. The predicted octanol–water partition coefficient (Wildman–Crippen LogP) is 2.30. The SMILES string of the molecule is CC1(C)N=C(Cc2ccc(Br)cc2)NC1=O. The topological polar surface area (TPSA) is 41.5 Å². The molecule has 0 bridgehead atoms. The van der Waals surface area contributed by atoms with E-state index < -0.39 is 5.54 Å². The second-order valence-corrected chi connectivity index (χ2v) is 5.29. The van der Waals surface area contributed by atoms with Crippen LogP contribution in [-0.4, -0.2) is 17.3 Å². The number of rotatable bonds is 2. The molecular weight excluding hydrogens is 268 g/mol. The Hall–Kier alpha value is -1.16. The van der Waals surface area contributed by atoms with Crippen molar-refractivity contribution in [2.45, 2.75) is 25.8 Å². The average Bonchev–Trinajstić information content (AvgIpc) is 2.44. The van der Waals surface area contributed by atoms with Crippen molar-refractivity contribution in [1.29, 1.82) is 0 Å². The molecule has 0 radical (unpaired) electrons. The molecular formula is C12H13BrN2O. The summed E-state index contributed by atoms with van der Waals surface area (Å²) in [7, 11) is 0. The lowest BCUT2D eigenvalue weighted by atomic mass is 10.1. The minimum absolute atomic E-state index is 0.0281. The highest BCUT2D eigenvalue weighted by Gasteiger charge is 2.33. The van der Waals surface area contributed by atoms with Crippen LogP contribution in [-0.2, 0) is 11.2 Å². The summed E-state index contributed by atoms with van der Waals surface area (Å²) in [6, 6.07) is 8.00. The van der Waals surface area contributed by atoms with Crippen LogP contribution >= 0.6 is 15.9 Å². The largest absolute Gasteiger partial charge is 0.312 e. The van der Waals surface area contributed by atoms with Gasteiger partial charge in [-0.1, -0.05) is 28.1 Å². The third-order valence-corrected chi connectivity index (χ3v) is 3.04. The highest BCUT2D eigenvalue weighted by atomic mass is 79.9. The Morgan fingerprint density at radius 3 is 2.44 bits per heavy atom. The zero-order valence-electron chi connectivity index (χ0n) is 9.25. The summed E-state index contributed by atoms with van der Waals surface area (Å²) in [4.78, 5) is 15.9. The van der Waals surface area contributed by atoms with Crippen LogP contribution in [0.15, 0.2) is 33.7 Å². The summed E-state index contributed by atoms with van der Waals surface area (Å²) in [5.74, 6) is 0.719. The Bertz CT molecular complexity index is 449. The molecule has 4 heteroatoms. The molecule has 1 aromatic carbocycles. The Labute approximate surface area is 103 Å². The summed E-state index contributed by atoms with van der Waals surface area (Å²) in [5, 5.41) is 2.81. The van der Waals surface area contributed by atoms with E-state index in [1.54, 1.807) is 0 Å². The molecule has 0 aliphatic carbocycles. The van der Waals surface area contributed by atoms with E-state index in [9.17, 15) is 4.79 Å². The first-order valence-electron chi connectivity index (χ1n) is 5.12. The standard InChI is InChI=1S/C12H13BrN2O/c1-12(2)11(16)14-10(15-12)7-8-3-5-9(13)6-4-8/h3-6H,7H2,1-2H3,(H,14,15,16). The number of amides is 1. The molecule has 1 amide bonds. The molecule has 3 nitrogen and oxygen atoms in total. The van der Waals surface area contributed by atoms with Gasteiger partial charge < -0.3 is 5.32 Å². The molecule has 0 saturated carbocycles. The fraction of sp³-hybridized carbons (Fsp3) is 0.333. The smallest absolute Gasteiger partial charge is 0.252 e. The van der Waals surface area contributed by atoms with E-state index in [4.69, 9.17) is 0 Å². The van der Waals surface area contributed by atoms with E-state index in [0.717, 1.165) is 15.9 Å². The number of aliphatic imine (C=N–C) groups is 1. The molecule has 0 spiro atoms. The van der Waals surface area contributed by atoms with Gasteiger partial charge in [0, 0.05) is 10.9 Å². The number of hydrogen-bond acceptors (Lipinski definition) is 2. The van der Waals surface area contributed by atoms with Crippen LogP contribution in [0.2, 0.25) is 0 Å². The normalized spacial score (nSPS) is 18.2. The molecule has 0 saturated heterocycles. The number of nitrogens with zero attached hydrogens (tertiary/aromatic N) is 1. The summed E-state index contributed by atoms with van der Waals surface area (Å²) >= 11 is 3.39. The fourth-order valence-electron chi connectivity index (χ4n) is 1.58. The van der Waals surface area contributed by atoms with Crippen molar-refractivity contribution in [1.82, 2.24) is 5.32 Å². The van der Waals surface area contributed by atoms with E-state index in [1.807, 2.05) is 38.1 Å². The average molecular weight is 281 g/mol. The predicted molar refractivity (Wildman–Crippen MR) is 67.5 cm³/mol. The van der Waals surface area contributed by atoms with Crippen LogP contribution < -0.4 is 5.32 Å². The van der Waals surface area contributed by atoms with Crippen molar-refractivity contribution in [2.75, 3.05) is 0 Å². The van der Waals surface area contributed by atoms with Gasteiger partial charge in [0.25, 0.3) is 5.91 Å². The quantitative estimate of drug-likeness (QED) is 0.888. The van der Waals surface area contributed by atoms with E-state index in [1.165, 1.54) is 0 Å². The maximum Gasteiger partial charge on any atom is 0.252 e. The number of carbonyl (C=O) groups is 1. The van der Waals surface area contributed by atoms with E-state index >= 15 is 0 Å². The number of nitrogens with one attached hydrogen (secondary N) is 1. The van der Waals surface area contributed by atoms with Gasteiger partial charge in [-0.2, -0.15) is 0 Å². The second kappa shape index (κ2) is 4.01. The van der Waals surface area contributed by atoms with Gasteiger partial charge in [-0.05, 0) is 31.5 Å². The van der Waals surface area contributed by atoms with Gasteiger partial charge in [0.05, 0.1) is 0 Å². The van der Waals surface area contributed by atoms with Gasteiger partial charge in [-0.25, -0.2) is 0 Å². The van der Waals surface area contributed by atoms with Crippen molar-refractivity contribution >= 4 is 27.7 Å². The molecule has 0 fully saturated rings. The van der Waals surface area contributed by atoms with Gasteiger partial charge in [0.15, 0.2) is 0 Å². The van der Waals surface area contributed by atoms with Crippen molar-refractivity contribution in [2.24, 2.45) is 4.99 Å². The zero-order valence-corrected chi connectivity index (χ0v) is 10.8. The number of amidine groups is 1. The lowest BCUT2D eigenvalue weighted by Gasteiger charge is -2.07. The fourth-order valence-corrected chi connectivity index (χ4v) is 1.84. The maximum absolute atomic E-state index is 11.5. The summed E-state index contributed by atoms with van der Waals surface area (Å²) in [6.45, 7) is 3.63. The molecule has 16 heavy (non-hydrogen) atoms. The number of hydrogen-bond donors (Lipinski definition) is 1. The third-order valence-electron chi connectivity index (χ3n) is 2.51. The monoisotopic (exact) mass is 280 g/mol. The van der Waals surface area contributed by atoms with Crippen LogP contribution in [0.3, 0.4) is 0 Å². The van der Waals surface area contributed by atoms with Crippen LogP contribution in [0.5, 0.6) is 0 Å². The molecule has 1 aliphatic heterocycles. The second-order valence-electron chi connectivity index (χ2n) is 4.37. The Morgan fingerprint density at radius 2 is 1.94 bits per heavy atom. The molecule has 1 aliphatic rings. The molecule has 0 atom stereocenters. The third kappa shape index (κ3) is 2.32. The van der Waals surface area contributed by atoms with Gasteiger partial charge in [-0.15, -0.1) is 0 Å². The molecule has 0 aromatic heterocycles. The number of benzene rings is 1. The number of carbonyl (C=O) groups excluding carboxylic acids is 1. The molecule has 84 valence electrons. The Kier molecular flexibility index (Phi) is 2.84. The van der Waals surface area contributed by atoms with Crippen molar-refractivity contribution in [3.8, 4) is 0 Å².